The smallest absolute Gasteiger partial charge is 0.0191 e. The van der Waals surface area contributed by atoms with Crippen LogP contribution in [0.2, 0.25) is 0 Å². The molecule has 0 aromatic heterocycles. The van der Waals surface area contributed by atoms with Gasteiger partial charge in [-0.25, -0.2) is 0 Å². The molecule has 0 radical (unpaired) electrons. The van der Waals surface area contributed by atoms with Gasteiger partial charge in [0, 0.05) is 22.2 Å². The highest BCUT2D eigenvalue weighted by atomic mass is 32.2. The molecular weight excluding hydrogens is 238 g/mol. The fraction of sp³-hybridized carbons (Fsp3) is 0.625. The Morgan fingerprint density at radius 2 is 1.61 bits per heavy atom. The van der Waals surface area contributed by atoms with E-state index in [1.165, 1.54) is 10.5 Å². The first-order chi connectivity index (χ1) is 8.28. The number of benzene rings is 1. The number of hydrogen-bond donors (Lipinski definition) is 1. The largest absolute Gasteiger partial charge is 0.311 e. The second-order valence-electron chi connectivity index (χ2n) is 6.28. The Hall–Kier alpha value is -0.470. The first-order valence-corrected chi connectivity index (χ1v) is 7.67. The lowest BCUT2D eigenvalue weighted by atomic mass is 10.0. The summed E-state index contributed by atoms with van der Waals surface area (Å²) in [6.45, 7) is 14.4. The number of thioether (sulfide) groups is 1. The van der Waals surface area contributed by atoms with Crippen molar-refractivity contribution < 1.29 is 0 Å². The zero-order valence-electron chi connectivity index (χ0n) is 12.6. The van der Waals surface area contributed by atoms with Crippen LogP contribution in [0.4, 0.5) is 0 Å². The lowest BCUT2D eigenvalue weighted by molar-refractivity contribution is 0.429. The molecule has 102 valence electrons. The van der Waals surface area contributed by atoms with E-state index in [1.807, 2.05) is 11.8 Å². The van der Waals surface area contributed by atoms with Gasteiger partial charge in [-0.05, 0) is 44.4 Å². The van der Waals surface area contributed by atoms with Gasteiger partial charge in [-0.2, -0.15) is 0 Å². The van der Waals surface area contributed by atoms with E-state index >= 15 is 0 Å². The standard InChI is InChI=1S/C16H27NS/c1-12(2)14-7-9-15(10-8-14)18-13(3)11-17-16(4,5)6/h7-10,12-13,17H,11H2,1-6H3. The molecule has 1 N–H and O–H groups in total. The zero-order valence-corrected chi connectivity index (χ0v) is 13.4. The van der Waals surface area contributed by atoms with Crippen molar-refractivity contribution in [1.29, 1.82) is 0 Å². The van der Waals surface area contributed by atoms with Gasteiger partial charge in [0.15, 0.2) is 0 Å². The van der Waals surface area contributed by atoms with E-state index in [0.29, 0.717) is 11.2 Å². The molecule has 0 amide bonds. The second kappa shape index (κ2) is 6.63. The highest BCUT2D eigenvalue weighted by Crippen LogP contribution is 2.25. The van der Waals surface area contributed by atoms with Crippen LogP contribution in [0.5, 0.6) is 0 Å². The van der Waals surface area contributed by atoms with Gasteiger partial charge >= 0.3 is 0 Å². The van der Waals surface area contributed by atoms with E-state index in [2.05, 4.69) is 71.1 Å². The zero-order chi connectivity index (χ0) is 13.8. The molecule has 1 aromatic rings. The summed E-state index contributed by atoms with van der Waals surface area (Å²) in [6.07, 6.45) is 0. The van der Waals surface area contributed by atoms with E-state index in [-0.39, 0.29) is 5.54 Å². The molecule has 1 aromatic carbocycles. The Bertz CT molecular complexity index is 348. The van der Waals surface area contributed by atoms with Gasteiger partial charge in [0.05, 0.1) is 0 Å². The fourth-order valence-corrected chi connectivity index (χ4v) is 2.58. The molecule has 0 aliphatic carbocycles. The van der Waals surface area contributed by atoms with E-state index in [4.69, 9.17) is 0 Å². The second-order valence-corrected chi connectivity index (χ2v) is 7.79. The van der Waals surface area contributed by atoms with E-state index in [0.717, 1.165) is 6.54 Å². The average molecular weight is 265 g/mol. The van der Waals surface area contributed by atoms with Crippen LogP contribution >= 0.6 is 11.8 Å². The third-order valence-corrected chi connectivity index (χ3v) is 3.92. The van der Waals surface area contributed by atoms with Crippen LogP contribution in [0, 0.1) is 0 Å². The molecule has 0 fully saturated rings. The van der Waals surface area contributed by atoms with E-state index < -0.39 is 0 Å². The van der Waals surface area contributed by atoms with Crippen molar-refractivity contribution >= 4 is 11.8 Å². The van der Waals surface area contributed by atoms with Crippen molar-refractivity contribution in [2.45, 2.75) is 63.1 Å². The maximum absolute atomic E-state index is 3.55. The first kappa shape index (κ1) is 15.6. The van der Waals surface area contributed by atoms with Gasteiger partial charge in [-0.15, -0.1) is 11.8 Å². The van der Waals surface area contributed by atoms with Crippen LogP contribution in [-0.4, -0.2) is 17.3 Å². The maximum atomic E-state index is 3.55. The normalized spacial score (nSPS) is 13.9. The van der Waals surface area contributed by atoms with Crippen LogP contribution in [0.25, 0.3) is 0 Å². The molecule has 0 aliphatic rings. The fourth-order valence-electron chi connectivity index (χ4n) is 1.66. The molecule has 0 spiro atoms. The molecular formula is C16H27NS. The average Bonchev–Trinajstić information content (AvgIpc) is 2.26. The van der Waals surface area contributed by atoms with Crippen molar-refractivity contribution in [3.8, 4) is 0 Å². The third-order valence-electron chi connectivity index (χ3n) is 2.80. The van der Waals surface area contributed by atoms with Gasteiger partial charge in [0.25, 0.3) is 0 Å². The monoisotopic (exact) mass is 265 g/mol. The lowest BCUT2D eigenvalue weighted by Crippen LogP contribution is -2.39. The Labute approximate surface area is 117 Å². The van der Waals surface area contributed by atoms with Crippen molar-refractivity contribution in [3.05, 3.63) is 29.8 Å². The summed E-state index contributed by atoms with van der Waals surface area (Å²) in [6, 6.07) is 8.98. The maximum Gasteiger partial charge on any atom is 0.0191 e. The molecule has 0 heterocycles. The topological polar surface area (TPSA) is 12.0 Å². The van der Waals surface area contributed by atoms with Crippen LogP contribution in [0.3, 0.4) is 0 Å². The van der Waals surface area contributed by atoms with Crippen molar-refractivity contribution in [2.75, 3.05) is 6.54 Å². The van der Waals surface area contributed by atoms with E-state index in [9.17, 15) is 0 Å². The van der Waals surface area contributed by atoms with Crippen molar-refractivity contribution in [2.24, 2.45) is 0 Å². The third kappa shape index (κ3) is 5.92. The molecule has 1 atom stereocenters. The lowest BCUT2D eigenvalue weighted by Gasteiger charge is -2.23. The molecule has 0 bridgehead atoms. The summed E-state index contributed by atoms with van der Waals surface area (Å²) in [5.74, 6) is 0.615. The molecule has 1 nitrogen and oxygen atoms in total. The van der Waals surface area contributed by atoms with Crippen LogP contribution in [0.15, 0.2) is 29.2 Å². The SMILES string of the molecule is CC(CNC(C)(C)C)Sc1ccc(C(C)C)cc1. The minimum Gasteiger partial charge on any atom is -0.311 e. The van der Waals surface area contributed by atoms with Gasteiger partial charge in [-0.3, -0.25) is 0 Å². The highest BCUT2D eigenvalue weighted by Gasteiger charge is 2.11. The quantitative estimate of drug-likeness (QED) is 0.776. The molecule has 2 heteroatoms. The van der Waals surface area contributed by atoms with E-state index in [1.54, 1.807) is 0 Å². The van der Waals surface area contributed by atoms with Crippen LogP contribution in [0.1, 0.15) is 53.0 Å². The van der Waals surface area contributed by atoms with Gasteiger partial charge < -0.3 is 5.32 Å². The van der Waals surface area contributed by atoms with Gasteiger partial charge in [-0.1, -0.05) is 32.9 Å². The van der Waals surface area contributed by atoms with Crippen molar-refractivity contribution in [1.82, 2.24) is 5.32 Å². The number of rotatable bonds is 5. The predicted octanol–water partition coefficient (Wildman–Crippen LogP) is 4.68. The van der Waals surface area contributed by atoms with Crippen molar-refractivity contribution in [3.63, 3.8) is 0 Å². The summed E-state index contributed by atoms with van der Waals surface area (Å²) < 4.78 is 0. The number of hydrogen-bond acceptors (Lipinski definition) is 2. The molecule has 1 rings (SSSR count). The summed E-state index contributed by atoms with van der Waals surface area (Å²) >= 11 is 1.94. The van der Waals surface area contributed by atoms with Gasteiger partial charge in [0.1, 0.15) is 0 Å². The predicted molar refractivity (Wildman–Crippen MR) is 83.6 cm³/mol. The van der Waals surface area contributed by atoms with Gasteiger partial charge in [0.2, 0.25) is 0 Å². The Kier molecular flexibility index (Phi) is 5.74. The molecule has 0 saturated carbocycles. The molecule has 1 unspecified atom stereocenters. The van der Waals surface area contributed by atoms with Crippen LogP contribution in [-0.2, 0) is 0 Å². The van der Waals surface area contributed by atoms with Crippen LogP contribution < -0.4 is 5.32 Å². The highest BCUT2D eigenvalue weighted by molar-refractivity contribution is 8.00. The first-order valence-electron chi connectivity index (χ1n) is 6.79. The summed E-state index contributed by atoms with van der Waals surface area (Å²) in [7, 11) is 0. The Morgan fingerprint density at radius 1 is 1.06 bits per heavy atom. The Morgan fingerprint density at radius 3 is 2.06 bits per heavy atom. The molecule has 18 heavy (non-hydrogen) atoms. The minimum atomic E-state index is 0.205. The number of nitrogens with one attached hydrogen (secondary N) is 1. The molecule has 0 aliphatic heterocycles. The summed E-state index contributed by atoms with van der Waals surface area (Å²) in [5.41, 5.74) is 1.62. The Balaban J connectivity index is 2.47. The summed E-state index contributed by atoms with van der Waals surface area (Å²) in [5, 5.41) is 4.14. The summed E-state index contributed by atoms with van der Waals surface area (Å²) in [4.78, 5) is 1.36. The minimum absolute atomic E-state index is 0.205. The molecule has 0 saturated heterocycles.